The Morgan fingerprint density at radius 1 is 1.30 bits per heavy atom. The average molecular weight is 284 g/mol. The largest absolute Gasteiger partial charge is 0.382 e. The fourth-order valence-electron chi connectivity index (χ4n) is 2.46. The average Bonchev–Trinajstić information content (AvgIpc) is 2.88. The molecular formula is C15H28N2O3. The predicted molar refractivity (Wildman–Crippen MR) is 77.5 cm³/mol. The van der Waals surface area contributed by atoms with Crippen molar-refractivity contribution >= 4 is 0 Å². The monoisotopic (exact) mass is 284 g/mol. The first-order chi connectivity index (χ1) is 9.76. The molecule has 0 aromatic heterocycles. The van der Waals surface area contributed by atoms with Crippen LogP contribution in [0, 0.1) is 11.3 Å². The minimum absolute atomic E-state index is 0.206. The van der Waals surface area contributed by atoms with Gasteiger partial charge in [-0.05, 0) is 32.2 Å². The summed E-state index contributed by atoms with van der Waals surface area (Å²) < 4.78 is 16.1. The van der Waals surface area contributed by atoms with Gasteiger partial charge in [0.25, 0.3) is 0 Å². The fraction of sp³-hybridized carbons (Fsp3) is 0.933. The first kappa shape index (κ1) is 17.4. The molecule has 0 saturated heterocycles. The van der Waals surface area contributed by atoms with Crippen molar-refractivity contribution in [3.05, 3.63) is 0 Å². The molecule has 2 atom stereocenters. The summed E-state index contributed by atoms with van der Waals surface area (Å²) in [5.41, 5.74) is -0.365. The Hall–Kier alpha value is -0.670. The standard InChI is InChI=1S/C15H28N2O3/c1-3-7-17-15(13-16)6-5-14(12-15)20-9-4-8-19-11-10-18-2/h14,17H,3-12H2,1-2H3. The number of rotatable bonds is 11. The zero-order valence-electron chi connectivity index (χ0n) is 12.8. The number of hydrogen-bond acceptors (Lipinski definition) is 5. The Morgan fingerprint density at radius 3 is 2.85 bits per heavy atom. The lowest BCUT2D eigenvalue weighted by Gasteiger charge is -2.22. The van der Waals surface area contributed by atoms with Crippen LogP contribution in [0.3, 0.4) is 0 Å². The molecule has 5 nitrogen and oxygen atoms in total. The van der Waals surface area contributed by atoms with Gasteiger partial charge in [0, 0.05) is 26.7 Å². The van der Waals surface area contributed by atoms with Crippen LogP contribution in [0.1, 0.15) is 39.0 Å². The highest BCUT2D eigenvalue weighted by atomic mass is 16.5. The van der Waals surface area contributed by atoms with Crippen LogP contribution in [0.15, 0.2) is 0 Å². The highest BCUT2D eigenvalue weighted by Crippen LogP contribution is 2.31. The van der Waals surface area contributed by atoms with Crippen molar-refractivity contribution in [2.75, 3.05) is 40.1 Å². The second-order valence-electron chi connectivity index (χ2n) is 5.32. The number of methoxy groups -OCH3 is 1. The summed E-state index contributed by atoms with van der Waals surface area (Å²) in [5, 5.41) is 12.7. The molecule has 0 heterocycles. The van der Waals surface area contributed by atoms with Crippen LogP contribution >= 0.6 is 0 Å². The van der Waals surface area contributed by atoms with E-state index in [4.69, 9.17) is 14.2 Å². The predicted octanol–water partition coefficient (Wildman–Crippen LogP) is 1.87. The molecular weight excluding hydrogens is 256 g/mol. The Balaban J connectivity index is 2.10. The van der Waals surface area contributed by atoms with Gasteiger partial charge in [0.15, 0.2) is 0 Å². The first-order valence-corrected chi connectivity index (χ1v) is 7.61. The number of nitriles is 1. The third-order valence-corrected chi connectivity index (χ3v) is 3.61. The normalized spacial score (nSPS) is 25.8. The molecule has 0 aromatic carbocycles. The van der Waals surface area contributed by atoms with Crippen molar-refractivity contribution in [1.29, 1.82) is 5.26 Å². The molecule has 1 aliphatic rings. The second-order valence-corrected chi connectivity index (χ2v) is 5.32. The number of nitrogens with one attached hydrogen (secondary N) is 1. The summed E-state index contributed by atoms with van der Waals surface area (Å²) in [7, 11) is 1.67. The number of hydrogen-bond donors (Lipinski definition) is 1. The van der Waals surface area contributed by atoms with Crippen molar-refractivity contribution in [2.24, 2.45) is 0 Å². The molecule has 1 saturated carbocycles. The van der Waals surface area contributed by atoms with E-state index in [-0.39, 0.29) is 11.6 Å². The van der Waals surface area contributed by atoms with E-state index in [1.165, 1.54) is 0 Å². The van der Waals surface area contributed by atoms with Crippen molar-refractivity contribution in [3.8, 4) is 6.07 Å². The lowest BCUT2D eigenvalue weighted by Crippen LogP contribution is -2.42. The molecule has 116 valence electrons. The smallest absolute Gasteiger partial charge is 0.109 e. The summed E-state index contributed by atoms with van der Waals surface area (Å²) >= 11 is 0. The highest BCUT2D eigenvalue weighted by molar-refractivity contribution is 5.12. The molecule has 0 amide bonds. The number of ether oxygens (including phenoxy) is 3. The lowest BCUT2D eigenvalue weighted by molar-refractivity contribution is 0.0245. The Morgan fingerprint density at radius 2 is 2.15 bits per heavy atom. The Bertz CT molecular complexity index is 293. The molecule has 0 bridgehead atoms. The maximum absolute atomic E-state index is 9.35. The van der Waals surface area contributed by atoms with Gasteiger partial charge in [-0.1, -0.05) is 6.92 Å². The van der Waals surface area contributed by atoms with Crippen molar-refractivity contribution < 1.29 is 14.2 Å². The van der Waals surface area contributed by atoms with E-state index in [0.29, 0.717) is 26.4 Å². The molecule has 2 unspecified atom stereocenters. The molecule has 0 radical (unpaired) electrons. The quantitative estimate of drug-likeness (QED) is 0.587. The van der Waals surface area contributed by atoms with Gasteiger partial charge >= 0.3 is 0 Å². The van der Waals surface area contributed by atoms with E-state index >= 15 is 0 Å². The highest BCUT2D eigenvalue weighted by Gasteiger charge is 2.39. The topological polar surface area (TPSA) is 63.5 Å². The third kappa shape index (κ3) is 6.19. The van der Waals surface area contributed by atoms with Crippen LogP contribution in [0.5, 0.6) is 0 Å². The van der Waals surface area contributed by atoms with Gasteiger partial charge in [-0.3, -0.25) is 5.32 Å². The van der Waals surface area contributed by atoms with Crippen molar-refractivity contribution in [1.82, 2.24) is 5.32 Å². The summed E-state index contributed by atoms with van der Waals surface area (Å²) in [6.07, 6.45) is 4.80. The molecule has 0 aliphatic heterocycles. The molecule has 1 aliphatic carbocycles. The van der Waals surface area contributed by atoms with Gasteiger partial charge in [0.2, 0.25) is 0 Å². The van der Waals surface area contributed by atoms with Crippen LogP contribution in [0.4, 0.5) is 0 Å². The Labute approximate surface area is 122 Å². The zero-order chi connectivity index (χ0) is 14.7. The van der Waals surface area contributed by atoms with Gasteiger partial charge in [-0.15, -0.1) is 0 Å². The molecule has 0 aromatic rings. The second kappa shape index (κ2) is 10.1. The van der Waals surface area contributed by atoms with E-state index in [1.54, 1.807) is 7.11 Å². The molecule has 5 heteroatoms. The lowest BCUT2D eigenvalue weighted by atomic mass is 9.99. The molecule has 1 N–H and O–H groups in total. The third-order valence-electron chi connectivity index (χ3n) is 3.61. The van der Waals surface area contributed by atoms with E-state index in [0.717, 1.165) is 38.6 Å². The molecule has 20 heavy (non-hydrogen) atoms. The van der Waals surface area contributed by atoms with E-state index < -0.39 is 0 Å². The summed E-state index contributed by atoms with van der Waals surface area (Å²) in [5.74, 6) is 0. The van der Waals surface area contributed by atoms with E-state index in [9.17, 15) is 5.26 Å². The maximum Gasteiger partial charge on any atom is 0.109 e. The first-order valence-electron chi connectivity index (χ1n) is 7.61. The minimum Gasteiger partial charge on any atom is -0.382 e. The van der Waals surface area contributed by atoms with Crippen molar-refractivity contribution in [3.63, 3.8) is 0 Å². The number of nitrogens with zero attached hydrogens (tertiary/aromatic N) is 1. The Kier molecular flexibility index (Phi) is 8.79. The van der Waals surface area contributed by atoms with Gasteiger partial charge in [0.1, 0.15) is 5.54 Å². The molecule has 0 spiro atoms. The van der Waals surface area contributed by atoms with E-state index in [1.807, 2.05) is 0 Å². The maximum atomic E-state index is 9.35. The SMILES string of the molecule is CCCNC1(C#N)CCC(OCCCOCCOC)C1. The summed E-state index contributed by atoms with van der Waals surface area (Å²) in [4.78, 5) is 0. The summed E-state index contributed by atoms with van der Waals surface area (Å²) in [6.45, 7) is 5.69. The van der Waals surface area contributed by atoms with Gasteiger partial charge in [-0.25, -0.2) is 0 Å². The van der Waals surface area contributed by atoms with Crippen LogP contribution in [-0.4, -0.2) is 51.7 Å². The van der Waals surface area contributed by atoms with Crippen molar-refractivity contribution in [2.45, 2.75) is 50.7 Å². The summed E-state index contributed by atoms with van der Waals surface area (Å²) in [6, 6.07) is 2.44. The molecule has 1 rings (SSSR count). The van der Waals surface area contributed by atoms with E-state index in [2.05, 4.69) is 18.3 Å². The van der Waals surface area contributed by atoms with Crippen LogP contribution in [-0.2, 0) is 14.2 Å². The van der Waals surface area contributed by atoms with Crippen LogP contribution in [0.2, 0.25) is 0 Å². The van der Waals surface area contributed by atoms with Gasteiger partial charge in [-0.2, -0.15) is 5.26 Å². The van der Waals surface area contributed by atoms with Crippen LogP contribution in [0.25, 0.3) is 0 Å². The molecule has 1 fully saturated rings. The van der Waals surface area contributed by atoms with Crippen LogP contribution < -0.4 is 5.32 Å². The zero-order valence-corrected chi connectivity index (χ0v) is 12.8. The fourth-order valence-corrected chi connectivity index (χ4v) is 2.46. The minimum atomic E-state index is -0.365. The van der Waals surface area contributed by atoms with Gasteiger partial charge < -0.3 is 14.2 Å². The van der Waals surface area contributed by atoms with Gasteiger partial charge in [0.05, 0.1) is 25.4 Å².